The monoisotopic (exact) mass is 446 g/mol. The van der Waals surface area contributed by atoms with Crippen molar-refractivity contribution in [3.8, 4) is 5.75 Å². The first-order valence-corrected chi connectivity index (χ1v) is 12.3. The summed E-state index contributed by atoms with van der Waals surface area (Å²) in [4.78, 5) is 23.5. The van der Waals surface area contributed by atoms with E-state index in [0.29, 0.717) is 24.0 Å². The number of carbonyl (C=O) groups is 2. The molecule has 0 spiro atoms. The van der Waals surface area contributed by atoms with E-state index >= 15 is 0 Å². The summed E-state index contributed by atoms with van der Waals surface area (Å²) in [6.45, 7) is 3.76. The van der Waals surface area contributed by atoms with Gasteiger partial charge in [-0.2, -0.15) is 0 Å². The number of rotatable bonds is 12. The molecule has 0 saturated heterocycles. The zero-order valence-electron chi connectivity index (χ0n) is 19.4. The van der Waals surface area contributed by atoms with Gasteiger partial charge in [0.25, 0.3) is 0 Å². The Bertz CT molecular complexity index is 776. The van der Waals surface area contributed by atoms with Gasteiger partial charge in [-0.3, -0.25) is 4.79 Å². The lowest BCUT2D eigenvalue weighted by molar-refractivity contribution is -0.151. The minimum Gasteiger partial charge on any atom is -0.482 e. The Morgan fingerprint density at radius 3 is 2.72 bits per heavy atom. The van der Waals surface area contributed by atoms with Crippen LogP contribution in [0, 0.1) is 17.8 Å². The summed E-state index contributed by atoms with van der Waals surface area (Å²) >= 11 is 0. The lowest BCUT2D eigenvalue weighted by atomic mass is 9.73. The molecule has 1 saturated carbocycles. The van der Waals surface area contributed by atoms with Crippen LogP contribution in [0.5, 0.6) is 5.75 Å². The first-order valence-electron chi connectivity index (χ1n) is 12.3. The molecule has 2 N–H and O–H groups in total. The number of fused-ring (bicyclic) bond motifs is 2. The molecule has 1 fully saturated rings. The van der Waals surface area contributed by atoms with Gasteiger partial charge in [-0.25, -0.2) is 4.79 Å². The molecule has 6 heteroatoms. The number of carboxylic acid groups (broad SMARTS) is 1. The SMILES string of the molecule is CCCCCC(=O)O[C@@H]1C[C@@H]2Cc3c(cccc3OCC(=O)O)C[C@@H]2[C@H]1CC[C@@H](O)CC. The van der Waals surface area contributed by atoms with E-state index in [1.54, 1.807) is 0 Å². The highest BCUT2D eigenvalue weighted by Gasteiger charge is 2.47. The van der Waals surface area contributed by atoms with Crippen molar-refractivity contribution in [2.45, 2.75) is 90.3 Å². The molecule has 0 bridgehead atoms. The molecule has 0 heterocycles. The number of aliphatic hydroxyl groups excluding tert-OH is 1. The number of hydrogen-bond donors (Lipinski definition) is 2. The van der Waals surface area contributed by atoms with E-state index in [1.165, 1.54) is 5.56 Å². The maximum absolute atomic E-state index is 12.5. The molecule has 0 amide bonds. The average molecular weight is 447 g/mol. The minimum absolute atomic E-state index is 0.105. The fourth-order valence-corrected chi connectivity index (χ4v) is 5.52. The number of aliphatic carboxylic acids is 1. The number of aliphatic hydroxyl groups is 1. The van der Waals surface area contributed by atoms with E-state index in [-0.39, 0.29) is 30.7 Å². The predicted octanol–water partition coefficient (Wildman–Crippen LogP) is 4.54. The second-order valence-electron chi connectivity index (χ2n) is 9.43. The predicted molar refractivity (Wildman–Crippen MR) is 122 cm³/mol. The van der Waals surface area contributed by atoms with Gasteiger partial charge >= 0.3 is 11.9 Å². The van der Waals surface area contributed by atoms with E-state index in [4.69, 9.17) is 14.6 Å². The lowest BCUT2D eigenvalue weighted by Crippen LogP contribution is -2.29. The van der Waals surface area contributed by atoms with E-state index in [2.05, 4.69) is 13.0 Å². The van der Waals surface area contributed by atoms with Crippen molar-refractivity contribution < 1.29 is 29.3 Å². The molecule has 32 heavy (non-hydrogen) atoms. The fourth-order valence-electron chi connectivity index (χ4n) is 5.52. The van der Waals surface area contributed by atoms with E-state index in [1.807, 2.05) is 19.1 Å². The summed E-state index contributed by atoms with van der Waals surface area (Å²) < 4.78 is 11.6. The van der Waals surface area contributed by atoms with Gasteiger partial charge < -0.3 is 19.7 Å². The summed E-state index contributed by atoms with van der Waals surface area (Å²) in [5.41, 5.74) is 2.29. The molecule has 0 aliphatic heterocycles. The molecule has 178 valence electrons. The number of hydrogen-bond acceptors (Lipinski definition) is 5. The van der Waals surface area contributed by atoms with Crippen LogP contribution < -0.4 is 4.74 Å². The third-order valence-corrected chi connectivity index (χ3v) is 7.24. The van der Waals surface area contributed by atoms with Gasteiger partial charge in [-0.1, -0.05) is 38.8 Å². The van der Waals surface area contributed by atoms with Crippen LogP contribution in [-0.4, -0.2) is 41.0 Å². The number of benzene rings is 1. The van der Waals surface area contributed by atoms with Crippen LogP contribution in [-0.2, 0) is 27.2 Å². The summed E-state index contributed by atoms with van der Waals surface area (Å²) in [6.07, 6.45) is 7.83. The summed E-state index contributed by atoms with van der Waals surface area (Å²) in [5.74, 6) is 0.575. The van der Waals surface area contributed by atoms with Gasteiger partial charge in [0, 0.05) is 6.42 Å². The number of carbonyl (C=O) groups excluding carboxylic acids is 1. The largest absolute Gasteiger partial charge is 0.482 e. The molecule has 3 rings (SSSR count). The molecular weight excluding hydrogens is 408 g/mol. The van der Waals surface area contributed by atoms with Gasteiger partial charge in [-0.15, -0.1) is 0 Å². The van der Waals surface area contributed by atoms with Gasteiger partial charge in [0.2, 0.25) is 0 Å². The molecular formula is C26H38O6. The topological polar surface area (TPSA) is 93.1 Å². The van der Waals surface area contributed by atoms with Crippen molar-refractivity contribution >= 4 is 11.9 Å². The quantitative estimate of drug-likeness (QED) is 0.362. The van der Waals surface area contributed by atoms with Crippen LogP contribution in [0.1, 0.15) is 76.3 Å². The molecule has 5 atom stereocenters. The molecule has 0 radical (unpaired) electrons. The van der Waals surface area contributed by atoms with Crippen LogP contribution in [0.15, 0.2) is 18.2 Å². The zero-order valence-corrected chi connectivity index (χ0v) is 19.4. The molecule has 1 aromatic carbocycles. The molecule has 2 aliphatic rings. The van der Waals surface area contributed by atoms with E-state index in [9.17, 15) is 14.7 Å². The van der Waals surface area contributed by atoms with Crippen molar-refractivity contribution in [1.29, 1.82) is 0 Å². The Morgan fingerprint density at radius 2 is 2.00 bits per heavy atom. The third-order valence-electron chi connectivity index (χ3n) is 7.24. The Hall–Kier alpha value is -2.08. The molecule has 2 aliphatic carbocycles. The van der Waals surface area contributed by atoms with Crippen molar-refractivity contribution in [1.82, 2.24) is 0 Å². The first kappa shape index (κ1) is 24.6. The highest BCUT2D eigenvalue weighted by atomic mass is 16.5. The van der Waals surface area contributed by atoms with Gasteiger partial charge in [0.15, 0.2) is 6.61 Å². The summed E-state index contributed by atoms with van der Waals surface area (Å²) in [5, 5.41) is 19.1. The highest BCUT2D eigenvalue weighted by Crippen LogP contribution is 2.49. The number of ether oxygens (including phenoxy) is 2. The Kier molecular flexibility index (Phi) is 8.97. The molecule has 1 aromatic rings. The second-order valence-corrected chi connectivity index (χ2v) is 9.43. The fraction of sp³-hybridized carbons (Fsp3) is 0.692. The van der Waals surface area contributed by atoms with Crippen LogP contribution in [0.25, 0.3) is 0 Å². The van der Waals surface area contributed by atoms with Gasteiger partial charge in [0.05, 0.1) is 6.10 Å². The summed E-state index contributed by atoms with van der Waals surface area (Å²) in [6, 6.07) is 5.87. The number of unbranched alkanes of at least 4 members (excludes halogenated alkanes) is 2. The van der Waals surface area contributed by atoms with Crippen molar-refractivity contribution in [3.63, 3.8) is 0 Å². The molecule has 6 nitrogen and oxygen atoms in total. The maximum atomic E-state index is 12.5. The highest BCUT2D eigenvalue weighted by molar-refractivity contribution is 5.69. The lowest BCUT2D eigenvalue weighted by Gasteiger charge is -2.32. The molecule has 0 aromatic heterocycles. The van der Waals surface area contributed by atoms with Gasteiger partial charge in [-0.05, 0) is 79.9 Å². The van der Waals surface area contributed by atoms with Crippen LogP contribution in [0.3, 0.4) is 0 Å². The average Bonchev–Trinajstić information content (AvgIpc) is 3.10. The van der Waals surface area contributed by atoms with Crippen LogP contribution in [0.2, 0.25) is 0 Å². The van der Waals surface area contributed by atoms with Crippen molar-refractivity contribution in [2.24, 2.45) is 17.8 Å². The zero-order chi connectivity index (χ0) is 23.1. The van der Waals surface area contributed by atoms with Crippen molar-refractivity contribution in [3.05, 3.63) is 29.3 Å². The number of esters is 1. The first-order chi connectivity index (χ1) is 15.4. The van der Waals surface area contributed by atoms with E-state index in [0.717, 1.165) is 63.4 Å². The standard InChI is InChI=1S/C26H38O6/c1-3-5-6-10-26(30)32-24-15-18-14-22-17(8-7-9-23(22)31-16-25(28)29)13-21(18)20(24)12-11-19(27)4-2/h7-9,18-21,24,27H,3-6,10-16H2,1-2H3,(H,28,29)/t18-,19-,20+,21-,24+/m0/s1. The molecule has 0 unspecified atom stereocenters. The van der Waals surface area contributed by atoms with Gasteiger partial charge in [0.1, 0.15) is 11.9 Å². The normalized spacial score (nSPS) is 25.0. The smallest absolute Gasteiger partial charge is 0.341 e. The summed E-state index contributed by atoms with van der Waals surface area (Å²) in [7, 11) is 0. The number of carboxylic acids is 1. The Labute approximate surface area is 191 Å². The van der Waals surface area contributed by atoms with Crippen molar-refractivity contribution in [2.75, 3.05) is 6.61 Å². The second kappa shape index (κ2) is 11.7. The minimum atomic E-state index is -0.984. The third kappa shape index (κ3) is 6.25. The maximum Gasteiger partial charge on any atom is 0.341 e. The van der Waals surface area contributed by atoms with Crippen LogP contribution >= 0.6 is 0 Å². The van der Waals surface area contributed by atoms with Crippen LogP contribution in [0.4, 0.5) is 0 Å². The Morgan fingerprint density at radius 1 is 1.19 bits per heavy atom. The Balaban J connectivity index is 1.74. The van der Waals surface area contributed by atoms with E-state index < -0.39 is 5.97 Å².